The minimum Gasteiger partial charge on any atom is -0.350 e. The minimum absolute atomic E-state index is 0.0637. The summed E-state index contributed by atoms with van der Waals surface area (Å²) in [6.07, 6.45) is 4.19. The van der Waals surface area contributed by atoms with Crippen LogP contribution in [-0.4, -0.2) is 17.4 Å². The maximum atomic E-state index is 12.0. The van der Waals surface area contributed by atoms with Gasteiger partial charge in [0.25, 0.3) is 0 Å². The van der Waals surface area contributed by atoms with Crippen molar-refractivity contribution in [1.82, 2.24) is 10.3 Å². The van der Waals surface area contributed by atoms with Crippen LogP contribution in [0.3, 0.4) is 0 Å². The highest BCUT2D eigenvalue weighted by Crippen LogP contribution is 2.14. The van der Waals surface area contributed by atoms with Gasteiger partial charge >= 0.3 is 0 Å². The molecule has 0 aliphatic heterocycles. The zero-order chi connectivity index (χ0) is 15.0. The van der Waals surface area contributed by atoms with Gasteiger partial charge in [-0.3, -0.25) is 9.78 Å². The summed E-state index contributed by atoms with van der Waals surface area (Å²) < 4.78 is 0. The number of aromatic nitrogens is 1. The molecule has 0 unspecified atom stereocenters. The topological polar surface area (TPSA) is 68.0 Å². The lowest BCUT2D eigenvalue weighted by atomic mass is 9.94. The summed E-state index contributed by atoms with van der Waals surface area (Å²) in [5, 5.41) is 2.95. The average molecular weight is 277 g/mol. The predicted molar refractivity (Wildman–Crippen MR) is 82.1 cm³/mol. The Labute approximate surface area is 122 Å². The molecule has 0 aromatic carbocycles. The molecule has 0 saturated carbocycles. The molecule has 1 amide bonds. The van der Waals surface area contributed by atoms with E-state index in [1.165, 1.54) is 5.56 Å². The monoisotopic (exact) mass is 277 g/mol. The van der Waals surface area contributed by atoms with Crippen molar-refractivity contribution >= 4 is 5.91 Å². The molecule has 1 aromatic heterocycles. The SMILES string of the molecule is CCc1cccnc1CNC(=O)C[C@@H](CN)CC(C)C. The van der Waals surface area contributed by atoms with Gasteiger partial charge in [0.15, 0.2) is 0 Å². The van der Waals surface area contributed by atoms with E-state index in [0.29, 0.717) is 25.4 Å². The Hall–Kier alpha value is -1.42. The standard InChI is InChI=1S/C16H27N3O/c1-4-14-6-5-7-18-15(14)11-19-16(20)9-13(10-17)8-12(2)3/h5-7,12-13H,4,8-11,17H2,1-3H3,(H,19,20)/t13-/m0/s1. The van der Waals surface area contributed by atoms with Crippen molar-refractivity contribution in [2.75, 3.05) is 6.54 Å². The maximum Gasteiger partial charge on any atom is 0.220 e. The van der Waals surface area contributed by atoms with Crippen LogP contribution in [0.4, 0.5) is 0 Å². The molecule has 1 heterocycles. The van der Waals surface area contributed by atoms with Gasteiger partial charge < -0.3 is 11.1 Å². The van der Waals surface area contributed by atoms with Crippen LogP contribution in [0.1, 0.15) is 44.9 Å². The Bertz CT molecular complexity index is 418. The highest BCUT2D eigenvalue weighted by molar-refractivity contribution is 5.76. The molecule has 4 heteroatoms. The number of hydrogen-bond donors (Lipinski definition) is 2. The van der Waals surface area contributed by atoms with Crippen LogP contribution in [0.2, 0.25) is 0 Å². The molecule has 1 aromatic rings. The number of rotatable bonds is 8. The summed E-state index contributed by atoms with van der Waals surface area (Å²) in [6.45, 7) is 7.47. The van der Waals surface area contributed by atoms with Gasteiger partial charge in [-0.15, -0.1) is 0 Å². The maximum absolute atomic E-state index is 12.0. The van der Waals surface area contributed by atoms with E-state index < -0.39 is 0 Å². The third-order valence-corrected chi connectivity index (χ3v) is 3.43. The summed E-state index contributed by atoms with van der Waals surface area (Å²) >= 11 is 0. The van der Waals surface area contributed by atoms with Crippen LogP contribution in [-0.2, 0) is 17.8 Å². The van der Waals surface area contributed by atoms with Crippen molar-refractivity contribution in [3.63, 3.8) is 0 Å². The summed E-state index contributed by atoms with van der Waals surface area (Å²) in [5.74, 6) is 0.900. The fraction of sp³-hybridized carbons (Fsp3) is 0.625. The number of amides is 1. The lowest BCUT2D eigenvalue weighted by Gasteiger charge is -2.16. The Kier molecular flexibility index (Phi) is 7.23. The highest BCUT2D eigenvalue weighted by Gasteiger charge is 2.14. The van der Waals surface area contributed by atoms with Gasteiger partial charge in [0, 0.05) is 12.6 Å². The van der Waals surface area contributed by atoms with Crippen LogP contribution >= 0.6 is 0 Å². The van der Waals surface area contributed by atoms with Crippen molar-refractivity contribution < 1.29 is 4.79 Å². The Morgan fingerprint density at radius 3 is 2.80 bits per heavy atom. The second kappa shape index (κ2) is 8.69. The molecule has 0 aliphatic carbocycles. The van der Waals surface area contributed by atoms with Crippen molar-refractivity contribution in [2.24, 2.45) is 17.6 Å². The minimum atomic E-state index is 0.0637. The van der Waals surface area contributed by atoms with Crippen LogP contribution in [0, 0.1) is 11.8 Å². The smallest absolute Gasteiger partial charge is 0.220 e. The first-order valence-electron chi connectivity index (χ1n) is 7.46. The van der Waals surface area contributed by atoms with Crippen LogP contribution < -0.4 is 11.1 Å². The molecule has 0 radical (unpaired) electrons. The van der Waals surface area contributed by atoms with E-state index in [1.54, 1.807) is 6.20 Å². The molecular formula is C16H27N3O. The molecule has 4 nitrogen and oxygen atoms in total. The first-order valence-corrected chi connectivity index (χ1v) is 7.46. The van der Waals surface area contributed by atoms with E-state index in [1.807, 2.05) is 6.07 Å². The third kappa shape index (κ3) is 5.70. The highest BCUT2D eigenvalue weighted by atomic mass is 16.1. The zero-order valence-corrected chi connectivity index (χ0v) is 12.9. The quantitative estimate of drug-likeness (QED) is 0.766. The van der Waals surface area contributed by atoms with Crippen LogP contribution in [0.25, 0.3) is 0 Å². The van der Waals surface area contributed by atoms with E-state index in [0.717, 1.165) is 18.5 Å². The van der Waals surface area contributed by atoms with E-state index in [4.69, 9.17) is 5.73 Å². The molecule has 0 saturated heterocycles. The van der Waals surface area contributed by atoms with Gasteiger partial charge in [-0.2, -0.15) is 0 Å². The van der Waals surface area contributed by atoms with Gasteiger partial charge in [-0.1, -0.05) is 26.8 Å². The molecule has 1 rings (SSSR count). The Morgan fingerprint density at radius 1 is 1.45 bits per heavy atom. The molecule has 1 atom stereocenters. The Balaban J connectivity index is 2.46. The fourth-order valence-electron chi connectivity index (χ4n) is 2.40. The van der Waals surface area contributed by atoms with Crippen LogP contribution in [0.5, 0.6) is 0 Å². The molecule has 0 aliphatic rings. The van der Waals surface area contributed by atoms with E-state index in [9.17, 15) is 4.79 Å². The molecule has 20 heavy (non-hydrogen) atoms. The normalized spacial score (nSPS) is 12.4. The van der Waals surface area contributed by atoms with Crippen LogP contribution in [0.15, 0.2) is 18.3 Å². The summed E-state index contributed by atoms with van der Waals surface area (Å²) in [7, 11) is 0. The van der Waals surface area contributed by atoms with Gasteiger partial charge in [0.1, 0.15) is 0 Å². The predicted octanol–water partition coefficient (Wildman–Crippen LogP) is 2.27. The molecule has 0 bridgehead atoms. The summed E-state index contributed by atoms with van der Waals surface area (Å²) in [5.41, 5.74) is 7.87. The number of hydrogen-bond acceptors (Lipinski definition) is 3. The van der Waals surface area contributed by atoms with Gasteiger partial charge in [0.2, 0.25) is 5.91 Å². The van der Waals surface area contributed by atoms with Gasteiger partial charge in [-0.25, -0.2) is 0 Å². The lowest BCUT2D eigenvalue weighted by molar-refractivity contribution is -0.122. The van der Waals surface area contributed by atoms with E-state index >= 15 is 0 Å². The second-order valence-corrected chi connectivity index (χ2v) is 5.67. The van der Waals surface area contributed by atoms with Gasteiger partial charge in [-0.05, 0) is 42.9 Å². The van der Waals surface area contributed by atoms with Crippen molar-refractivity contribution in [1.29, 1.82) is 0 Å². The van der Waals surface area contributed by atoms with Crippen molar-refractivity contribution in [3.8, 4) is 0 Å². The second-order valence-electron chi connectivity index (χ2n) is 5.67. The average Bonchev–Trinajstić information content (AvgIpc) is 2.44. The Morgan fingerprint density at radius 2 is 2.20 bits per heavy atom. The summed E-state index contributed by atoms with van der Waals surface area (Å²) in [6, 6.07) is 3.98. The molecule has 3 N–H and O–H groups in total. The van der Waals surface area contributed by atoms with E-state index in [-0.39, 0.29) is 11.8 Å². The number of nitrogens with zero attached hydrogens (tertiary/aromatic N) is 1. The van der Waals surface area contributed by atoms with Crippen molar-refractivity contribution in [3.05, 3.63) is 29.6 Å². The first-order chi connectivity index (χ1) is 9.56. The van der Waals surface area contributed by atoms with Crippen molar-refractivity contribution in [2.45, 2.75) is 46.6 Å². The number of carbonyl (C=O) groups is 1. The first kappa shape index (κ1) is 16.6. The fourth-order valence-corrected chi connectivity index (χ4v) is 2.40. The number of nitrogens with two attached hydrogens (primary N) is 1. The largest absolute Gasteiger partial charge is 0.350 e. The summed E-state index contributed by atoms with van der Waals surface area (Å²) in [4.78, 5) is 16.3. The number of aryl methyl sites for hydroxylation is 1. The van der Waals surface area contributed by atoms with Gasteiger partial charge in [0.05, 0.1) is 12.2 Å². The van der Waals surface area contributed by atoms with E-state index in [2.05, 4.69) is 37.1 Å². The molecule has 112 valence electrons. The third-order valence-electron chi connectivity index (χ3n) is 3.43. The number of pyridine rings is 1. The zero-order valence-electron chi connectivity index (χ0n) is 12.9. The number of nitrogens with one attached hydrogen (secondary N) is 1. The molecular weight excluding hydrogens is 250 g/mol. The lowest BCUT2D eigenvalue weighted by Crippen LogP contribution is -2.29. The number of carbonyl (C=O) groups excluding carboxylic acids is 1. The molecule has 0 spiro atoms. The molecule has 0 fully saturated rings.